The molecule has 0 radical (unpaired) electrons. The van der Waals surface area contributed by atoms with E-state index in [1.165, 1.54) is 0 Å². The maximum atomic E-state index is 11.9. The molecule has 3 N–H and O–H groups in total. The number of anilines is 2. The Labute approximate surface area is 103 Å². The highest BCUT2D eigenvalue weighted by molar-refractivity contribution is 5.94. The third-order valence-electron chi connectivity index (χ3n) is 2.80. The third-order valence-corrected chi connectivity index (χ3v) is 2.80. The van der Waals surface area contributed by atoms with E-state index in [0.717, 1.165) is 18.7 Å². The van der Waals surface area contributed by atoms with Crippen LogP contribution in [0, 0.1) is 0 Å². The summed E-state index contributed by atoms with van der Waals surface area (Å²) in [6, 6.07) is 7.03. The van der Waals surface area contributed by atoms with Gasteiger partial charge in [0.2, 0.25) is 5.91 Å². The monoisotopic (exact) mass is 235 g/mol. The molecule has 1 aromatic carbocycles. The second kappa shape index (κ2) is 6.25. The van der Waals surface area contributed by atoms with Gasteiger partial charge in [0.1, 0.15) is 0 Å². The van der Waals surface area contributed by atoms with Crippen LogP contribution in [0.3, 0.4) is 0 Å². The number of benzene rings is 1. The quantitative estimate of drug-likeness (QED) is 0.767. The van der Waals surface area contributed by atoms with Gasteiger partial charge in [-0.2, -0.15) is 0 Å². The van der Waals surface area contributed by atoms with Gasteiger partial charge in [-0.1, -0.05) is 6.92 Å². The highest BCUT2D eigenvalue weighted by atomic mass is 16.2. The number of nitrogen functional groups attached to an aromatic ring is 1. The summed E-state index contributed by atoms with van der Waals surface area (Å²) >= 11 is 0. The second-order valence-electron chi connectivity index (χ2n) is 4.27. The molecule has 0 aliphatic carbocycles. The van der Waals surface area contributed by atoms with Crippen molar-refractivity contribution in [2.75, 3.05) is 24.6 Å². The van der Waals surface area contributed by atoms with Gasteiger partial charge in [-0.3, -0.25) is 9.69 Å². The van der Waals surface area contributed by atoms with Crippen molar-refractivity contribution in [2.45, 2.75) is 26.3 Å². The van der Waals surface area contributed by atoms with E-state index >= 15 is 0 Å². The molecule has 0 aromatic heterocycles. The first-order valence-corrected chi connectivity index (χ1v) is 5.91. The Bertz CT molecular complexity index is 361. The molecule has 17 heavy (non-hydrogen) atoms. The third kappa shape index (κ3) is 4.07. The van der Waals surface area contributed by atoms with Crippen molar-refractivity contribution in [3.8, 4) is 0 Å². The smallest absolute Gasteiger partial charge is 0.241 e. The second-order valence-corrected chi connectivity index (χ2v) is 4.27. The molecule has 0 bridgehead atoms. The van der Waals surface area contributed by atoms with Gasteiger partial charge in [-0.05, 0) is 51.2 Å². The van der Waals surface area contributed by atoms with Gasteiger partial charge in [-0.15, -0.1) is 0 Å². The molecule has 1 amide bonds. The number of nitrogens with zero attached hydrogens (tertiary/aromatic N) is 1. The predicted octanol–water partition coefficient (Wildman–Crippen LogP) is 1.94. The van der Waals surface area contributed by atoms with Crippen LogP contribution in [-0.4, -0.2) is 30.4 Å². The van der Waals surface area contributed by atoms with E-state index in [4.69, 9.17) is 5.73 Å². The van der Waals surface area contributed by atoms with Gasteiger partial charge < -0.3 is 11.1 Å². The molecule has 0 aliphatic heterocycles. The average molecular weight is 235 g/mol. The molecule has 1 aromatic rings. The number of carbonyl (C=O) groups excluding carboxylic acids is 1. The molecule has 0 saturated heterocycles. The van der Waals surface area contributed by atoms with Crippen LogP contribution in [0.2, 0.25) is 0 Å². The lowest BCUT2D eigenvalue weighted by atomic mass is 10.2. The predicted molar refractivity (Wildman–Crippen MR) is 71.9 cm³/mol. The minimum absolute atomic E-state index is 0.00530. The van der Waals surface area contributed by atoms with E-state index in [1.807, 2.05) is 18.9 Å². The number of hydrogen-bond donors (Lipinski definition) is 2. The van der Waals surface area contributed by atoms with Crippen LogP contribution in [0.25, 0.3) is 0 Å². The van der Waals surface area contributed by atoms with Gasteiger partial charge in [-0.25, -0.2) is 0 Å². The Morgan fingerprint density at radius 1 is 1.41 bits per heavy atom. The van der Waals surface area contributed by atoms with Crippen molar-refractivity contribution < 1.29 is 4.79 Å². The van der Waals surface area contributed by atoms with Crippen molar-refractivity contribution in [3.05, 3.63) is 24.3 Å². The van der Waals surface area contributed by atoms with E-state index in [9.17, 15) is 4.79 Å². The molecule has 0 fully saturated rings. The first-order chi connectivity index (χ1) is 8.04. The molecule has 1 atom stereocenters. The van der Waals surface area contributed by atoms with Crippen molar-refractivity contribution in [3.63, 3.8) is 0 Å². The molecule has 0 heterocycles. The Balaban J connectivity index is 2.56. The molecule has 1 unspecified atom stereocenters. The normalized spacial score (nSPS) is 12.5. The van der Waals surface area contributed by atoms with Gasteiger partial charge in [0.05, 0.1) is 6.04 Å². The molecule has 0 spiro atoms. The van der Waals surface area contributed by atoms with E-state index in [-0.39, 0.29) is 11.9 Å². The first kappa shape index (κ1) is 13.5. The van der Waals surface area contributed by atoms with Gasteiger partial charge in [0.25, 0.3) is 0 Å². The van der Waals surface area contributed by atoms with Crippen molar-refractivity contribution >= 4 is 17.3 Å². The zero-order valence-corrected chi connectivity index (χ0v) is 10.7. The summed E-state index contributed by atoms with van der Waals surface area (Å²) in [6.07, 6.45) is 1.04. The summed E-state index contributed by atoms with van der Waals surface area (Å²) in [5, 5.41) is 2.87. The molecule has 0 aliphatic rings. The van der Waals surface area contributed by atoms with E-state index in [0.29, 0.717) is 5.69 Å². The van der Waals surface area contributed by atoms with E-state index < -0.39 is 0 Å². The fraction of sp³-hybridized carbons (Fsp3) is 0.462. The standard InChI is InChI=1S/C13H21N3O/c1-4-9-16(3)10(2)13(17)15-12-7-5-11(14)6-8-12/h5-8,10H,4,9,14H2,1-3H3,(H,15,17). The highest BCUT2D eigenvalue weighted by Gasteiger charge is 2.16. The zero-order chi connectivity index (χ0) is 12.8. The zero-order valence-electron chi connectivity index (χ0n) is 10.7. The number of hydrogen-bond acceptors (Lipinski definition) is 3. The number of nitrogens with one attached hydrogen (secondary N) is 1. The SMILES string of the molecule is CCCN(C)C(C)C(=O)Nc1ccc(N)cc1. The Kier molecular flexibility index (Phi) is 4.97. The molecular formula is C13H21N3O. The lowest BCUT2D eigenvalue weighted by Gasteiger charge is -2.23. The summed E-state index contributed by atoms with van der Waals surface area (Å²) in [5.74, 6) is 0.00530. The van der Waals surface area contributed by atoms with Crippen LogP contribution in [0.5, 0.6) is 0 Å². The van der Waals surface area contributed by atoms with Crippen molar-refractivity contribution in [1.82, 2.24) is 4.90 Å². The maximum absolute atomic E-state index is 11.9. The number of nitrogens with two attached hydrogens (primary N) is 1. The number of amides is 1. The van der Waals surface area contributed by atoms with Crippen molar-refractivity contribution in [1.29, 1.82) is 0 Å². The minimum Gasteiger partial charge on any atom is -0.399 e. The van der Waals surface area contributed by atoms with Crippen LogP contribution in [0.15, 0.2) is 24.3 Å². The maximum Gasteiger partial charge on any atom is 0.241 e. The summed E-state index contributed by atoms with van der Waals surface area (Å²) in [5.41, 5.74) is 7.06. The highest BCUT2D eigenvalue weighted by Crippen LogP contribution is 2.11. The van der Waals surface area contributed by atoms with Gasteiger partial charge >= 0.3 is 0 Å². The van der Waals surface area contributed by atoms with E-state index in [1.54, 1.807) is 24.3 Å². The molecule has 4 heteroatoms. The molecular weight excluding hydrogens is 214 g/mol. The summed E-state index contributed by atoms with van der Waals surface area (Å²) in [4.78, 5) is 14.0. The Hall–Kier alpha value is -1.55. The van der Waals surface area contributed by atoms with Crippen LogP contribution in [0.1, 0.15) is 20.3 Å². The topological polar surface area (TPSA) is 58.4 Å². The molecule has 94 valence electrons. The minimum atomic E-state index is -0.132. The first-order valence-electron chi connectivity index (χ1n) is 5.91. The molecule has 1 rings (SSSR count). The number of likely N-dealkylation sites (N-methyl/N-ethyl adjacent to an activating group) is 1. The van der Waals surface area contributed by atoms with Gasteiger partial charge in [0, 0.05) is 11.4 Å². The fourth-order valence-electron chi connectivity index (χ4n) is 1.56. The average Bonchev–Trinajstić information content (AvgIpc) is 2.31. The van der Waals surface area contributed by atoms with Crippen LogP contribution in [-0.2, 0) is 4.79 Å². The van der Waals surface area contributed by atoms with Crippen LogP contribution >= 0.6 is 0 Å². The summed E-state index contributed by atoms with van der Waals surface area (Å²) in [6.45, 7) is 4.92. The van der Waals surface area contributed by atoms with Gasteiger partial charge in [0.15, 0.2) is 0 Å². The largest absolute Gasteiger partial charge is 0.399 e. The molecule has 4 nitrogen and oxygen atoms in total. The molecule has 0 saturated carbocycles. The van der Waals surface area contributed by atoms with E-state index in [2.05, 4.69) is 12.2 Å². The van der Waals surface area contributed by atoms with Crippen molar-refractivity contribution in [2.24, 2.45) is 0 Å². The Morgan fingerprint density at radius 3 is 2.53 bits per heavy atom. The number of rotatable bonds is 5. The summed E-state index contributed by atoms with van der Waals surface area (Å²) in [7, 11) is 1.96. The number of carbonyl (C=O) groups is 1. The van der Waals surface area contributed by atoms with Crippen LogP contribution in [0.4, 0.5) is 11.4 Å². The fourth-order valence-corrected chi connectivity index (χ4v) is 1.56. The van der Waals surface area contributed by atoms with Crippen LogP contribution < -0.4 is 11.1 Å². The Morgan fingerprint density at radius 2 is 2.00 bits per heavy atom. The lowest BCUT2D eigenvalue weighted by molar-refractivity contribution is -0.120. The summed E-state index contributed by atoms with van der Waals surface area (Å²) < 4.78 is 0. The lowest BCUT2D eigenvalue weighted by Crippen LogP contribution is -2.39.